The smallest absolute Gasteiger partial charge is 0.309 e. The van der Waals surface area contributed by atoms with Crippen molar-refractivity contribution in [2.75, 3.05) is 19.7 Å². The third-order valence-electron chi connectivity index (χ3n) is 4.66. The molecule has 0 N–H and O–H groups in total. The first kappa shape index (κ1) is 19.0. The number of nitrogens with zero attached hydrogens (tertiary/aromatic N) is 2. The third-order valence-corrected chi connectivity index (χ3v) is 4.66. The number of benzene rings is 1. The average Bonchev–Trinajstić information content (AvgIpc) is 3.02. The van der Waals surface area contributed by atoms with Gasteiger partial charge in [0.05, 0.1) is 12.5 Å². The molecule has 8 heteroatoms. The van der Waals surface area contributed by atoms with Gasteiger partial charge in [-0.1, -0.05) is 5.16 Å². The van der Waals surface area contributed by atoms with E-state index < -0.39 is 11.6 Å². The number of hydrogen-bond acceptors (Lipinski definition) is 5. The Kier molecular flexibility index (Phi) is 5.53. The van der Waals surface area contributed by atoms with Crippen molar-refractivity contribution in [2.24, 2.45) is 5.92 Å². The molecule has 144 valence electrons. The Morgan fingerprint density at radius 2 is 2.00 bits per heavy atom. The van der Waals surface area contributed by atoms with Gasteiger partial charge in [0.15, 0.2) is 0 Å². The zero-order valence-corrected chi connectivity index (χ0v) is 15.1. The standard InChI is InChI=1S/C19H20F2N2O4/c1-3-26-19(25)12-6-8-23(9-7-12)18(24)16-11(2)27-22-17(16)14-5-4-13(20)10-15(14)21/h4-5,10,12H,3,6-9H2,1-2H3. The predicted molar refractivity (Wildman–Crippen MR) is 91.9 cm³/mol. The number of aryl methyl sites for hydroxylation is 1. The number of amides is 1. The SMILES string of the molecule is CCOC(=O)C1CCN(C(=O)c2c(-c3ccc(F)cc3F)noc2C)CC1. The Hall–Kier alpha value is -2.77. The largest absolute Gasteiger partial charge is 0.466 e. The highest BCUT2D eigenvalue weighted by Gasteiger charge is 2.32. The van der Waals surface area contributed by atoms with Crippen molar-refractivity contribution in [1.29, 1.82) is 0 Å². The van der Waals surface area contributed by atoms with Gasteiger partial charge in [0.2, 0.25) is 0 Å². The lowest BCUT2D eigenvalue weighted by Gasteiger charge is -2.30. The van der Waals surface area contributed by atoms with E-state index >= 15 is 0 Å². The molecule has 2 aromatic rings. The molecule has 1 aromatic carbocycles. The van der Waals surface area contributed by atoms with Gasteiger partial charge >= 0.3 is 5.97 Å². The number of halogens is 2. The van der Waals surface area contributed by atoms with Gasteiger partial charge in [-0.05, 0) is 38.8 Å². The van der Waals surface area contributed by atoms with E-state index in [4.69, 9.17) is 9.26 Å². The number of piperidine rings is 1. The summed E-state index contributed by atoms with van der Waals surface area (Å²) in [5, 5.41) is 3.80. The summed E-state index contributed by atoms with van der Waals surface area (Å²) in [6, 6.07) is 3.06. The summed E-state index contributed by atoms with van der Waals surface area (Å²) in [4.78, 5) is 26.4. The van der Waals surface area contributed by atoms with Crippen LogP contribution < -0.4 is 0 Å². The van der Waals surface area contributed by atoms with Crippen molar-refractivity contribution in [1.82, 2.24) is 10.1 Å². The van der Waals surface area contributed by atoms with Gasteiger partial charge in [-0.3, -0.25) is 9.59 Å². The maximum Gasteiger partial charge on any atom is 0.309 e. The van der Waals surface area contributed by atoms with Crippen LogP contribution in [0, 0.1) is 24.5 Å². The van der Waals surface area contributed by atoms with Crippen molar-refractivity contribution >= 4 is 11.9 Å². The zero-order chi connectivity index (χ0) is 19.6. The van der Waals surface area contributed by atoms with Crippen LogP contribution in [-0.4, -0.2) is 41.6 Å². The minimum Gasteiger partial charge on any atom is -0.466 e. The van der Waals surface area contributed by atoms with Crippen molar-refractivity contribution in [3.63, 3.8) is 0 Å². The highest BCUT2D eigenvalue weighted by molar-refractivity contribution is 6.01. The Labute approximate surface area is 155 Å². The second kappa shape index (κ2) is 7.85. The summed E-state index contributed by atoms with van der Waals surface area (Å²) < 4.78 is 37.5. The fourth-order valence-electron chi connectivity index (χ4n) is 3.23. The molecule has 6 nitrogen and oxygen atoms in total. The molecule has 0 saturated carbocycles. The van der Waals surface area contributed by atoms with Gasteiger partial charge in [0, 0.05) is 24.7 Å². The maximum absolute atomic E-state index is 14.1. The van der Waals surface area contributed by atoms with E-state index in [0.717, 1.165) is 12.1 Å². The molecule has 0 radical (unpaired) electrons. The molecule has 1 amide bonds. The second-order valence-electron chi connectivity index (χ2n) is 6.41. The topological polar surface area (TPSA) is 72.6 Å². The minimum absolute atomic E-state index is 0.00184. The van der Waals surface area contributed by atoms with Crippen LogP contribution in [0.15, 0.2) is 22.7 Å². The van der Waals surface area contributed by atoms with E-state index in [9.17, 15) is 18.4 Å². The molecule has 1 saturated heterocycles. The van der Waals surface area contributed by atoms with E-state index in [-0.39, 0.29) is 40.4 Å². The van der Waals surface area contributed by atoms with Crippen LogP contribution in [0.5, 0.6) is 0 Å². The minimum atomic E-state index is -0.821. The van der Waals surface area contributed by atoms with Gasteiger partial charge in [0.25, 0.3) is 5.91 Å². The fourth-order valence-corrected chi connectivity index (χ4v) is 3.23. The average molecular weight is 378 g/mol. The molecular formula is C19H20F2N2O4. The number of carbonyl (C=O) groups excluding carboxylic acids is 2. The summed E-state index contributed by atoms with van der Waals surface area (Å²) in [5.41, 5.74) is 0.190. The normalized spacial score (nSPS) is 15.0. The molecule has 0 atom stereocenters. The first-order chi connectivity index (χ1) is 12.9. The molecule has 0 spiro atoms. The Balaban J connectivity index is 1.80. The molecule has 1 aliphatic heterocycles. The van der Waals surface area contributed by atoms with Crippen molar-refractivity contribution in [2.45, 2.75) is 26.7 Å². The number of likely N-dealkylation sites (tertiary alicyclic amines) is 1. The van der Waals surface area contributed by atoms with Crippen LogP contribution in [0.4, 0.5) is 8.78 Å². The van der Waals surface area contributed by atoms with E-state index in [1.807, 2.05) is 0 Å². The monoisotopic (exact) mass is 378 g/mol. The zero-order valence-electron chi connectivity index (χ0n) is 15.1. The molecule has 27 heavy (non-hydrogen) atoms. The molecule has 0 bridgehead atoms. The van der Waals surface area contributed by atoms with Gasteiger partial charge in [0.1, 0.15) is 28.7 Å². The second-order valence-corrected chi connectivity index (χ2v) is 6.41. The first-order valence-corrected chi connectivity index (χ1v) is 8.80. The molecule has 0 aliphatic carbocycles. The summed E-state index contributed by atoms with van der Waals surface area (Å²) in [6.45, 7) is 4.39. The summed E-state index contributed by atoms with van der Waals surface area (Å²) in [6.07, 6.45) is 0.990. The Morgan fingerprint density at radius 1 is 1.30 bits per heavy atom. The first-order valence-electron chi connectivity index (χ1n) is 8.80. The van der Waals surface area contributed by atoms with E-state index in [1.54, 1.807) is 18.7 Å². The van der Waals surface area contributed by atoms with Gasteiger partial charge < -0.3 is 14.2 Å². The van der Waals surface area contributed by atoms with Crippen LogP contribution in [0.1, 0.15) is 35.9 Å². The van der Waals surface area contributed by atoms with Crippen LogP contribution in [0.2, 0.25) is 0 Å². The number of rotatable bonds is 4. The lowest BCUT2D eigenvalue weighted by Crippen LogP contribution is -2.41. The van der Waals surface area contributed by atoms with Crippen LogP contribution in [0.25, 0.3) is 11.3 Å². The number of esters is 1. The Bertz CT molecular complexity index is 857. The van der Waals surface area contributed by atoms with E-state index in [1.165, 1.54) is 6.07 Å². The van der Waals surface area contributed by atoms with Gasteiger partial charge in [-0.2, -0.15) is 0 Å². The van der Waals surface area contributed by atoms with Crippen molar-refractivity contribution in [3.05, 3.63) is 41.2 Å². The van der Waals surface area contributed by atoms with Crippen molar-refractivity contribution in [3.8, 4) is 11.3 Å². The molecule has 1 fully saturated rings. The summed E-state index contributed by atoms with van der Waals surface area (Å²) >= 11 is 0. The van der Waals surface area contributed by atoms with E-state index in [0.29, 0.717) is 32.5 Å². The lowest BCUT2D eigenvalue weighted by molar-refractivity contribution is -0.149. The molecule has 1 aromatic heterocycles. The molecule has 3 rings (SSSR count). The van der Waals surface area contributed by atoms with Gasteiger partial charge in [-0.15, -0.1) is 0 Å². The van der Waals surface area contributed by atoms with Crippen LogP contribution in [0.3, 0.4) is 0 Å². The van der Waals surface area contributed by atoms with Gasteiger partial charge in [-0.25, -0.2) is 8.78 Å². The van der Waals surface area contributed by atoms with E-state index in [2.05, 4.69) is 5.16 Å². The lowest BCUT2D eigenvalue weighted by atomic mass is 9.96. The summed E-state index contributed by atoms with van der Waals surface area (Å²) in [7, 11) is 0. The number of carbonyl (C=O) groups is 2. The molecule has 1 aliphatic rings. The molecule has 0 unspecified atom stereocenters. The maximum atomic E-state index is 14.1. The summed E-state index contributed by atoms with van der Waals surface area (Å²) in [5.74, 6) is -2.11. The quantitative estimate of drug-likeness (QED) is 0.763. The highest BCUT2D eigenvalue weighted by atomic mass is 19.1. The van der Waals surface area contributed by atoms with Crippen molar-refractivity contribution < 1.29 is 27.6 Å². The third kappa shape index (κ3) is 3.84. The number of ether oxygens (including phenoxy) is 1. The molecular weight excluding hydrogens is 358 g/mol. The predicted octanol–water partition coefficient (Wildman–Crippen LogP) is 3.34. The number of hydrogen-bond donors (Lipinski definition) is 0. The number of aromatic nitrogens is 1. The van der Waals surface area contributed by atoms with Crippen LogP contribution in [-0.2, 0) is 9.53 Å². The Morgan fingerprint density at radius 3 is 2.63 bits per heavy atom. The fraction of sp³-hybridized carbons (Fsp3) is 0.421. The highest BCUT2D eigenvalue weighted by Crippen LogP contribution is 2.30. The van der Waals surface area contributed by atoms with Crippen LogP contribution >= 0.6 is 0 Å². The molecule has 2 heterocycles.